The Morgan fingerprint density at radius 3 is 2.68 bits per heavy atom. The summed E-state index contributed by atoms with van der Waals surface area (Å²) in [4.78, 5) is 26.0. The fourth-order valence-electron chi connectivity index (χ4n) is 2.02. The number of benzene rings is 1. The number of nitrogen functional groups attached to an aromatic ring is 1. The second-order valence-electron chi connectivity index (χ2n) is 4.70. The number of imide groups is 1. The van der Waals surface area contributed by atoms with E-state index in [2.05, 4.69) is 0 Å². The first-order valence-electron chi connectivity index (χ1n) is 5.97. The van der Waals surface area contributed by atoms with Crippen LogP contribution in [0.4, 0.5) is 5.69 Å². The number of rotatable bonds is 3. The molecule has 1 aliphatic heterocycles. The molecule has 0 radical (unpaired) electrons. The quantitative estimate of drug-likeness (QED) is 0.688. The Bertz CT molecular complexity index is 533. The predicted molar refractivity (Wildman–Crippen MR) is 77.1 cm³/mol. The molecule has 0 saturated carbocycles. The average molecular weight is 299 g/mol. The van der Waals surface area contributed by atoms with E-state index in [1.807, 2.05) is 13.8 Å². The highest BCUT2D eigenvalue weighted by atomic mass is 35.5. The summed E-state index contributed by atoms with van der Waals surface area (Å²) in [7, 11) is 0. The molecule has 0 aromatic heterocycles. The van der Waals surface area contributed by atoms with Crippen LogP contribution in [0.1, 0.15) is 20.3 Å². The normalized spacial score (nSPS) is 19.6. The Balaban J connectivity index is 2.19. The van der Waals surface area contributed by atoms with Gasteiger partial charge in [0.05, 0.1) is 10.3 Å². The van der Waals surface area contributed by atoms with Gasteiger partial charge in [-0.25, -0.2) is 0 Å². The molecule has 1 aliphatic rings. The molecule has 1 atom stereocenters. The first-order chi connectivity index (χ1) is 8.90. The standard InChI is InChI=1S/C13H15ClN2O2S/c1-7(2)16-12(17)6-11(13(16)18)19-10-5-8(15)3-4-9(10)14/h3-5,7,11H,6,15H2,1-2H3. The van der Waals surface area contributed by atoms with Crippen molar-refractivity contribution in [2.45, 2.75) is 36.5 Å². The van der Waals surface area contributed by atoms with Crippen LogP contribution in [-0.4, -0.2) is 28.0 Å². The van der Waals surface area contributed by atoms with Gasteiger partial charge >= 0.3 is 0 Å². The molecule has 1 heterocycles. The van der Waals surface area contributed by atoms with Gasteiger partial charge in [-0.2, -0.15) is 0 Å². The topological polar surface area (TPSA) is 63.4 Å². The van der Waals surface area contributed by atoms with Crippen LogP contribution in [0.2, 0.25) is 5.02 Å². The molecule has 102 valence electrons. The van der Waals surface area contributed by atoms with Gasteiger partial charge in [0.25, 0.3) is 0 Å². The van der Waals surface area contributed by atoms with Crippen molar-refractivity contribution in [3.63, 3.8) is 0 Å². The average Bonchev–Trinajstić information content (AvgIpc) is 2.59. The molecule has 2 N–H and O–H groups in total. The number of nitrogens with zero attached hydrogens (tertiary/aromatic N) is 1. The van der Waals surface area contributed by atoms with Crippen molar-refractivity contribution < 1.29 is 9.59 Å². The van der Waals surface area contributed by atoms with E-state index in [1.54, 1.807) is 18.2 Å². The number of carbonyl (C=O) groups is 2. The number of hydrogen-bond donors (Lipinski definition) is 1. The highest BCUT2D eigenvalue weighted by molar-refractivity contribution is 8.00. The zero-order valence-corrected chi connectivity index (χ0v) is 12.3. The number of hydrogen-bond acceptors (Lipinski definition) is 4. The summed E-state index contributed by atoms with van der Waals surface area (Å²) in [6.07, 6.45) is 0.215. The zero-order chi connectivity index (χ0) is 14.2. The highest BCUT2D eigenvalue weighted by Gasteiger charge is 2.40. The molecule has 6 heteroatoms. The van der Waals surface area contributed by atoms with Gasteiger partial charge in [0, 0.05) is 23.0 Å². The molecule has 1 fully saturated rings. The molecule has 0 bridgehead atoms. The van der Waals surface area contributed by atoms with Gasteiger partial charge in [0.1, 0.15) is 0 Å². The maximum absolute atomic E-state index is 12.2. The van der Waals surface area contributed by atoms with Gasteiger partial charge in [-0.1, -0.05) is 11.6 Å². The fraction of sp³-hybridized carbons (Fsp3) is 0.385. The lowest BCUT2D eigenvalue weighted by Gasteiger charge is -2.18. The van der Waals surface area contributed by atoms with Crippen LogP contribution in [0.3, 0.4) is 0 Å². The van der Waals surface area contributed by atoms with Crippen molar-refractivity contribution in [1.29, 1.82) is 0 Å². The molecule has 19 heavy (non-hydrogen) atoms. The van der Waals surface area contributed by atoms with Crippen molar-refractivity contribution in [3.8, 4) is 0 Å². The number of halogens is 1. The summed E-state index contributed by atoms with van der Waals surface area (Å²) >= 11 is 7.37. The predicted octanol–water partition coefficient (Wildman–Crippen LogP) is 2.55. The van der Waals surface area contributed by atoms with E-state index in [0.717, 1.165) is 4.90 Å². The molecule has 2 rings (SSSR count). The van der Waals surface area contributed by atoms with Crippen LogP contribution in [0, 0.1) is 0 Å². The molecular weight excluding hydrogens is 284 g/mol. The fourth-order valence-corrected chi connectivity index (χ4v) is 3.40. The molecule has 0 spiro atoms. The van der Waals surface area contributed by atoms with Crippen LogP contribution in [0.15, 0.2) is 23.1 Å². The Morgan fingerprint density at radius 2 is 2.11 bits per heavy atom. The SMILES string of the molecule is CC(C)N1C(=O)CC(Sc2cc(N)ccc2Cl)C1=O. The van der Waals surface area contributed by atoms with Gasteiger partial charge in [-0.15, -0.1) is 11.8 Å². The first kappa shape index (κ1) is 14.2. The van der Waals surface area contributed by atoms with E-state index >= 15 is 0 Å². The minimum absolute atomic E-state index is 0.109. The zero-order valence-electron chi connectivity index (χ0n) is 10.7. The third-order valence-corrected chi connectivity index (χ3v) is 4.57. The minimum Gasteiger partial charge on any atom is -0.399 e. The summed E-state index contributed by atoms with van der Waals surface area (Å²) in [6, 6.07) is 5.01. The summed E-state index contributed by atoms with van der Waals surface area (Å²) < 4.78 is 0. The minimum atomic E-state index is -0.408. The van der Waals surface area contributed by atoms with Crippen molar-refractivity contribution >= 4 is 40.9 Å². The van der Waals surface area contributed by atoms with Crippen LogP contribution in [0.25, 0.3) is 0 Å². The van der Waals surface area contributed by atoms with Crippen molar-refractivity contribution in [2.75, 3.05) is 5.73 Å². The number of amides is 2. The van der Waals surface area contributed by atoms with Gasteiger partial charge in [-0.05, 0) is 32.0 Å². The maximum Gasteiger partial charge on any atom is 0.243 e. The second kappa shape index (κ2) is 5.43. The first-order valence-corrected chi connectivity index (χ1v) is 7.23. The van der Waals surface area contributed by atoms with E-state index < -0.39 is 5.25 Å². The molecule has 4 nitrogen and oxygen atoms in total. The van der Waals surface area contributed by atoms with Crippen molar-refractivity contribution in [1.82, 2.24) is 4.90 Å². The molecule has 1 unspecified atom stereocenters. The molecule has 2 amide bonds. The Labute approximate surface area is 121 Å². The molecule has 1 aromatic rings. The van der Waals surface area contributed by atoms with Gasteiger partial charge in [0.15, 0.2) is 0 Å². The lowest BCUT2D eigenvalue weighted by molar-refractivity contribution is -0.140. The van der Waals surface area contributed by atoms with Crippen LogP contribution in [0.5, 0.6) is 0 Å². The summed E-state index contributed by atoms with van der Waals surface area (Å²) in [5.74, 6) is -0.277. The highest BCUT2D eigenvalue weighted by Crippen LogP contribution is 2.36. The summed E-state index contributed by atoms with van der Waals surface area (Å²) in [6.45, 7) is 3.66. The van der Waals surface area contributed by atoms with Crippen molar-refractivity contribution in [2.24, 2.45) is 0 Å². The van der Waals surface area contributed by atoms with Crippen LogP contribution >= 0.6 is 23.4 Å². The molecule has 0 aliphatic carbocycles. The van der Waals surface area contributed by atoms with Gasteiger partial charge in [0.2, 0.25) is 11.8 Å². The number of carbonyl (C=O) groups excluding carboxylic acids is 2. The summed E-state index contributed by atoms with van der Waals surface area (Å²) in [5, 5.41) is 0.136. The Kier molecular flexibility index (Phi) is 4.06. The number of likely N-dealkylation sites (tertiary alicyclic amines) is 1. The lowest BCUT2D eigenvalue weighted by atomic mass is 10.3. The van der Waals surface area contributed by atoms with E-state index in [0.29, 0.717) is 10.7 Å². The number of thioether (sulfide) groups is 1. The van der Waals surface area contributed by atoms with E-state index in [-0.39, 0.29) is 24.3 Å². The second-order valence-corrected chi connectivity index (χ2v) is 6.35. The monoisotopic (exact) mass is 298 g/mol. The Morgan fingerprint density at radius 1 is 1.42 bits per heavy atom. The van der Waals surface area contributed by atoms with E-state index in [9.17, 15) is 9.59 Å². The Hall–Kier alpha value is -1.20. The molecular formula is C13H15ClN2O2S. The molecule has 1 aromatic carbocycles. The smallest absolute Gasteiger partial charge is 0.243 e. The molecule has 1 saturated heterocycles. The van der Waals surface area contributed by atoms with E-state index in [4.69, 9.17) is 17.3 Å². The van der Waals surface area contributed by atoms with Crippen LogP contribution in [-0.2, 0) is 9.59 Å². The largest absolute Gasteiger partial charge is 0.399 e. The van der Waals surface area contributed by atoms with Gasteiger partial charge < -0.3 is 5.73 Å². The maximum atomic E-state index is 12.2. The number of anilines is 1. The van der Waals surface area contributed by atoms with Gasteiger partial charge in [-0.3, -0.25) is 14.5 Å². The number of nitrogens with two attached hydrogens (primary N) is 1. The third-order valence-electron chi connectivity index (χ3n) is 2.88. The third kappa shape index (κ3) is 2.87. The summed E-state index contributed by atoms with van der Waals surface area (Å²) in [5.41, 5.74) is 6.29. The van der Waals surface area contributed by atoms with Crippen LogP contribution < -0.4 is 5.73 Å². The van der Waals surface area contributed by atoms with E-state index in [1.165, 1.54) is 16.7 Å². The lowest BCUT2D eigenvalue weighted by Crippen LogP contribution is -2.37. The van der Waals surface area contributed by atoms with Crippen molar-refractivity contribution in [3.05, 3.63) is 23.2 Å².